The van der Waals surface area contributed by atoms with Gasteiger partial charge in [-0.25, -0.2) is 4.39 Å². The summed E-state index contributed by atoms with van der Waals surface area (Å²) in [6.07, 6.45) is 1.91. The van der Waals surface area contributed by atoms with Crippen molar-refractivity contribution in [3.63, 3.8) is 0 Å². The minimum absolute atomic E-state index is 0.688. The van der Waals surface area contributed by atoms with Crippen LogP contribution in [-0.4, -0.2) is 6.54 Å². The van der Waals surface area contributed by atoms with Crippen molar-refractivity contribution in [2.45, 2.75) is 32.4 Å². The van der Waals surface area contributed by atoms with E-state index in [2.05, 4.69) is 15.9 Å². The normalized spacial score (nSPS) is 11.8. The SMILES string of the molecule is CC(C)(F)c1ccc(CCCN)cc1Br. The van der Waals surface area contributed by atoms with Crippen molar-refractivity contribution in [3.8, 4) is 0 Å². The van der Waals surface area contributed by atoms with Crippen LogP contribution in [0.15, 0.2) is 22.7 Å². The highest BCUT2D eigenvalue weighted by Crippen LogP contribution is 2.31. The van der Waals surface area contributed by atoms with Crippen LogP contribution in [0, 0.1) is 0 Å². The number of nitrogens with two attached hydrogens (primary N) is 1. The Kier molecular flexibility index (Phi) is 4.29. The van der Waals surface area contributed by atoms with Gasteiger partial charge in [-0.15, -0.1) is 0 Å². The summed E-state index contributed by atoms with van der Waals surface area (Å²) in [5.41, 5.74) is 6.03. The molecule has 1 nitrogen and oxygen atoms in total. The lowest BCUT2D eigenvalue weighted by atomic mass is 9.98. The lowest BCUT2D eigenvalue weighted by Gasteiger charge is -2.17. The van der Waals surface area contributed by atoms with E-state index < -0.39 is 5.67 Å². The van der Waals surface area contributed by atoms with Crippen LogP contribution in [0.1, 0.15) is 31.4 Å². The first-order valence-electron chi connectivity index (χ1n) is 5.13. The van der Waals surface area contributed by atoms with Crippen molar-refractivity contribution in [2.24, 2.45) is 5.73 Å². The van der Waals surface area contributed by atoms with Gasteiger partial charge in [0.2, 0.25) is 0 Å². The summed E-state index contributed by atoms with van der Waals surface area (Å²) in [5, 5.41) is 0. The Bertz CT molecular complexity index is 331. The predicted octanol–water partition coefficient (Wildman–Crippen LogP) is 3.55. The maximum Gasteiger partial charge on any atom is 0.131 e. The second-order valence-electron chi connectivity index (χ2n) is 4.18. The molecule has 0 aliphatic heterocycles. The molecule has 0 amide bonds. The Morgan fingerprint density at radius 3 is 2.53 bits per heavy atom. The van der Waals surface area contributed by atoms with E-state index in [1.807, 2.05) is 18.2 Å². The van der Waals surface area contributed by atoms with E-state index in [4.69, 9.17) is 5.73 Å². The summed E-state index contributed by atoms with van der Waals surface area (Å²) >= 11 is 3.40. The number of alkyl halides is 1. The zero-order chi connectivity index (χ0) is 11.5. The molecule has 2 N–H and O–H groups in total. The van der Waals surface area contributed by atoms with Crippen molar-refractivity contribution in [2.75, 3.05) is 6.54 Å². The molecule has 1 aromatic carbocycles. The van der Waals surface area contributed by atoms with E-state index in [1.54, 1.807) is 13.8 Å². The Morgan fingerprint density at radius 2 is 2.07 bits per heavy atom. The van der Waals surface area contributed by atoms with Crippen molar-refractivity contribution in [1.29, 1.82) is 0 Å². The van der Waals surface area contributed by atoms with Crippen molar-refractivity contribution in [3.05, 3.63) is 33.8 Å². The average Bonchev–Trinajstić information content (AvgIpc) is 2.12. The Labute approximate surface area is 99.0 Å². The van der Waals surface area contributed by atoms with Crippen molar-refractivity contribution >= 4 is 15.9 Å². The highest BCUT2D eigenvalue weighted by Gasteiger charge is 2.21. The first-order valence-corrected chi connectivity index (χ1v) is 5.92. The third kappa shape index (κ3) is 3.58. The van der Waals surface area contributed by atoms with Gasteiger partial charge in [-0.3, -0.25) is 0 Å². The molecule has 0 bridgehead atoms. The van der Waals surface area contributed by atoms with Gasteiger partial charge >= 0.3 is 0 Å². The van der Waals surface area contributed by atoms with E-state index in [0.717, 1.165) is 17.3 Å². The van der Waals surface area contributed by atoms with Gasteiger partial charge in [-0.05, 0) is 44.9 Å². The van der Waals surface area contributed by atoms with E-state index in [9.17, 15) is 4.39 Å². The number of rotatable bonds is 4. The van der Waals surface area contributed by atoms with E-state index in [1.165, 1.54) is 5.56 Å². The number of benzene rings is 1. The smallest absolute Gasteiger partial charge is 0.131 e. The third-order valence-electron chi connectivity index (χ3n) is 2.34. The molecule has 0 heterocycles. The molecule has 3 heteroatoms. The molecule has 1 rings (SSSR count). The quantitative estimate of drug-likeness (QED) is 0.892. The standard InChI is InChI=1S/C12H17BrFN/c1-12(2,14)10-6-5-9(4-3-7-15)8-11(10)13/h5-6,8H,3-4,7,15H2,1-2H3. The minimum Gasteiger partial charge on any atom is -0.330 e. The second kappa shape index (κ2) is 5.08. The molecule has 0 saturated heterocycles. The number of aryl methyl sites for hydroxylation is 1. The first kappa shape index (κ1) is 12.7. The fourth-order valence-corrected chi connectivity index (χ4v) is 2.40. The molecular weight excluding hydrogens is 257 g/mol. The fraction of sp³-hybridized carbons (Fsp3) is 0.500. The molecule has 0 atom stereocenters. The molecule has 0 radical (unpaired) electrons. The molecule has 1 aromatic rings. The molecule has 0 fully saturated rings. The second-order valence-corrected chi connectivity index (χ2v) is 5.03. The summed E-state index contributed by atoms with van der Waals surface area (Å²) in [4.78, 5) is 0. The molecule has 0 unspecified atom stereocenters. The monoisotopic (exact) mass is 273 g/mol. The van der Waals surface area contributed by atoms with Gasteiger partial charge in [0, 0.05) is 10.0 Å². The van der Waals surface area contributed by atoms with E-state index in [0.29, 0.717) is 12.1 Å². The summed E-state index contributed by atoms with van der Waals surface area (Å²) in [6, 6.07) is 5.79. The van der Waals surface area contributed by atoms with Crippen molar-refractivity contribution < 1.29 is 4.39 Å². The summed E-state index contributed by atoms with van der Waals surface area (Å²) in [5.74, 6) is 0. The largest absolute Gasteiger partial charge is 0.330 e. The van der Waals surface area contributed by atoms with Gasteiger partial charge in [0.15, 0.2) is 0 Å². The molecule has 15 heavy (non-hydrogen) atoms. The van der Waals surface area contributed by atoms with Gasteiger partial charge in [-0.2, -0.15) is 0 Å². The minimum atomic E-state index is -1.30. The number of hydrogen-bond acceptors (Lipinski definition) is 1. The number of halogens is 2. The van der Waals surface area contributed by atoms with Crippen LogP contribution >= 0.6 is 15.9 Å². The maximum atomic E-state index is 13.7. The van der Waals surface area contributed by atoms with Gasteiger partial charge in [0.1, 0.15) is 5.67 Å². The maximum absolute atomic E-state index is 13.7. The summed E-state index contributed by atoms with van der Waals surface area (Å²) < 4.78 is 14.6. The molecule has 0 aliphatic rings. The van der Waals surface area contributed by atoms with Gasteiger partial charge < -0.3 is 5.73 Å². The van der Waals surface area contributed by atoms with Crippen LogP contribution in [0.5, 0.6) is 0 Å². The zero-order valence-electron chi connectivity index (χ0n) is 9.19. The highest BCUT2D eigenvalue weighted by molar-refractivity contribution is 9.10. The Morgan fingerprint density at radius 1 is 1.40 bits per heavy atom. The lowest BCUT2D eigenvalue weighted by Crippen LogP contribution is -2.10. The van der Waals surface area contributed by atoms with Gasteiger partial charge in [0.05, 0.1) is 0 Å². The Balaban J connectivity index is 2.89. The fourth-order valence-electron chi connectivity index (χ4n) is 1.50. The van der Waals surface area contributed by atoms with Crippen LogP contribution < -0.4 is 5.73 Å². The Hall–Kier alpha value is -0.410. The average molecular weight is 274 g/mol. The molecule has 0 aliphatic carbocycles. The van der Waals surface area contributed by atoms with Gasteiger partial charge in [-0.1, -0.05) is 28.1 Å². The molecule has 0 spiro atoms. The topological polar surface area (TPSA) is 26.0 Å². The van der Waals surface area contributed by atoms with Crippen LogP contribution in [0.3, 0.4) is 0 Å². The molecule has 0 aromatic heterocycles. The van der Waals surface area contributed by atoms with Crippen LogP contribution in [0.4, 0.5) is 4.39 Å². The highest BCUT2D eigenvalue weighted by atomic mass is 79.9. The summed E-state index contributed by atoms with van der Waals surface area (Å²) in [7, 11) is 0. The van der Waals surface area contributed by atoms with Crippen molar-refractivity contribution in [1.82, 2.24) is 0 Å². The van der Waals surface area contributed by atoms with Crippen LogP contribution in [-0.2, 0) is 12.1 Å². The van der Waals surface area contributed by atoms with Crippen LogP contribution in [0.2, 0.25) is 0 Å². The first-order chi connectivity index (χ1) is 6.95. The van der Waals surface area contributed by atoms with Gasteiger partial charge in [0.25, 0.3) is 0 Å². The van der Waals surface area contributed by atoms with Crippen LogP contribution in [0.25, 0.3) is 0 Å². The lowest BCUT2D eigenvalue weighted by molar-refractivity contribution is 0.220. The summed E-state index contributed by atoms with van der Waals surface area (Å²) in [6.45, 7) is 3.81. The molecule has 84 valence electrons. The molecule has 0 saturated carbocycles. The zero-order valence-corrected chi connectivity index (χ0v) is 10.8. The van der Waals surface area contributed by atoms with E-state index in [-0.39, 0.29) is 0 Å². The molecular formula is C12H17BrFN. The third-order valence-corrected chi connectivity index (χ3v) is 3.00. The number of hydrogen-bond donors (Lipinski definition) is 1. The predicted molar refractivity (Wildman–Crippen MR) is 65.7 cm³/mol. The van der Waals surface area contributed by atoms with E-state index >= 15 is 0 Å².